The lowest BCUT2D eigenvalue weighted by Crippen LogP contribution is -2.67. The molecule has 0 unspecified atom stereocenters. The number of hydrogen-bond donors (Lipinski definition) is 2. The van der Waals surface area contributed by atoms with E-state index in [9.17, 15) is 22.8 Å². The van der Waals surface area contributed by atoms with Crippen LogP contribution in [0.2, 0.25) is 0 Å². The van der Waals surface area contributed by atoms with Crippen molar-refractivity contribution in [2.24, 2.45) is 5.41 Å². The number of ether oxygens (including phenoxy) is 2. The Morgan fingerprint density at radius 1 is 1.23 bits per heavy atom. The lowest BCUT2D eigenvalue weighted by atomic mass is 9.60. The van der Waals surface area contributed by atoms with Crippen molar-refractivity contribution < 1.29 is 32.2 Å². The molecule has 2 fully saturated rings. The van der Waals surface area contributed by atoms with E-state index < -0.39 is 18.1 Å². The average Bonchev–Trinajstić information content (AvgIpc) is 3.17. The molecule has 0 atom stereocenters. The minimum Gasteiger partial charge on any atom is -0.495 e. The summed E-state index contributed by atoms with van der Waals surface area (Å²) >= 11 is 0. The number of benzene rings is 1. The molecular weight excluding hydrogens is 469 g/mol. The van der Waals surface area contributed by atoms with Crippen LogP contribution in [0.3, 0.4) is 0 Å². The van der Waals surface area contributed by atoms with E-state index in [0.717, 1.165) is 12.1 Å². The van der Waals surface area contributed by atoms with Crippen LogP contribution in [0.5, 0.6) is 11.5 Å². The van der Waals surface area contributed by atoms with Crippen LogP contribution in [-0.4, -0.2) is 64.0 Å². The zero-order valence-corrected chi connectivity index (χ0v) is 18.5. The van der Waals surface area contributed by atoms with E-state index in [0.29, 0.717) is 37.1 Å². The molecule has 3 aromatic rings. The Morgan fingerprint density at radius 3 is 2.71 bits per heavy atom. The van der Waals surface area contributed by atoms with E-state index in [-0.39, 0.29) is 28.8 Å². The van der Waals surface area contributed by atoms with E-state index >= 15 is 0 Å². The maximum Gasteiger partial charge on any atom is 0.573 e. The molecule has 1 saturated carbocycles. The van der Waals surface area contributed by atoms with Crippen molar-refractivity contribution in [1.82, 2.24) is 24.8 Å². The molecule has 5 rings (SSSR count). The smallest absolute Gasteiger partial charge is 0.495 e. The van der Waals surface area contributed by atoms with Gasteiger partial charge in [-0.15, -0.1) is 13.2 Å². The summed E-state index contributed by atoms with van der Waals surface area (Å²) in [4.78, 5) is 31.2. The molecule has 13 heteroatoms. The van der Waals surface area contributed by atoms with E-state index in [4.69, 9.17) is 4.74 Å². The number of nitrogens with one attached hydrogen (secondary N) is 2. The topological polar surface area (TPSA) is 110 Å². The maximum absolute atomic E-state index is 12.8. The zero-order chi connectivity index (χ0) is 24.8. The average molecular weight is 490 g/mol. The fraction of sp³-hybridized carbons (Fsp3) is 0.364. The van der Waals surface area contributed by atoms with Crippen molar-refractivity contribution in [2.45, 2.75) is 25.2 Å². The summed E-state index contributed by atoms with van der Waals surface area (Å²) in [6.07, 6.45) is 1.35. The van der Waals surface area contributed by atoms with Gasteiger partial charge in [-0.3, -0.25) is 4.79 Å². The molecule has 35 heavy (non-hydrogen) atoms. The zero-order valence-electron chi connectivity index (χ0n) is 18.5. The Hall–Kier alpha value is -4.03. The van der Waals surface area contributed by atoms with Gasteiger partial charge in [0.2, 0.25) is 0 Å². The number of hydrogen-bond acceptors (Lipinski definition) is 6. The van der Waals surface area contributed by atoms with Crippen LogP contribution in [0.1, 0.15) is 23.2 Å². The highest BCUT2D eigenvalue weighted by atomic mass is 19.4. The number of urea groups is 1. The van der Waals surface area contributed by atoms with Crippen LogP contribution in [0.15, 0.2) is 42.9 Å². The Kier molecular flexibility index (Phi) is 5.41. The molecule has 0 radical (unpaired) electrons. The van der Waals surface area contributed by atoms with Crippen LogP contribution in [0.25, 0.3) is 5.65 Å². The Bertz CT molecular complexity index is 1280. The van der Waals surface area contributed by atoms with Gasteiger partial charge >= 0.3 is 12.4 Å². The summed E-state index contributed by atoms with van der Waals surface area (Å²) in [5, 5.41) is 9.46. The molecule has 1 spiro atoms. The molecular formula is C22H21F3N6O4. The van der Waals surface area contributed by atoms with Crippen molar-refractivity contribution in [2.75, 3.05) is 25.5 Å². The van der Waals surface area contributed by atoms with E-state index in [1.807, 2.05) is 0 Å². The number of likely N-dealkylation sites (tertiary alicyclic amines) is 1. The van der Waals surface area contributed by atoms with Crippen LogP contribution in [0.4, 0.5) is 23.7 Å². The van der Waals surface area contributed by atoms with Crippen molar-refractivity contribution in [3.05, 3.63) is 48.4 Å². The minimum atomic E-state index is -4.85. The molecule has 2 N–H and O–H groups in total. The van der Waals surface area contributed by atoms with E-state index in [2.05, 4.69) is 25.5 Å². The van der Waals surface area contributed by atoms with Crippen LogP contribution in [-0.2, 0) is 0 Å². The first-order chi connectivity index (χ1) is 16.6. The first-order valence-corrected chi connectivity index (χ1v) is 10.7. The highest BCUT2D eigenvalue weighted by molar-refractivity contribution is 6.00. The van der Waals surface area contributed by atoms with Gasteiger partial charge in [-0.05, 0) is 31.0 Å². The van der Waals surface area contributed by atoms with Gasteiger partial charge in [-0.25, -0.2) is 14.3 Å². The van der Waals surface area contributed by atoms with Crippen molar-refractivity contribution >= 4 is 23.3 Å². The largest absolute Gasteiger partial charge is 0.573 e. The molecule has 2 aliphatic rings. The number of anilines is 1. The Morgan fingerprint density at radius 2 is 2.00 bits per heavy atom. The molecule has 0 bridgehead atoms. The molecule has 3 heterocycles. The monoisotopic (exact) mass is 490 g/mol. The third kappa shape index (κ3) is 4.53. The number of methoxy groups -OCH3 is 1. The van der Waals surface area contributed by atoms with Crippen molar-refractivity contribution in [3.63, 3.8) is 0 Å². The summed E-state index contributed by atoms with van der Waals surface area (Å²) in [6, 6.07) is 4.45. The van der Waals surface area contributed by atoms with Gasteiger partial charge in [-0.1, -0.05) is 0 Å². The van der Waals surface area contributed by atoms with Crippen LogP contribution in [0, 0.1) is 5.41 Å². The summed E-state index contributed by atoms with van der Waals surface area (Å²) in [5.74, 6) is -0.418. The fourth-order valence-electron chi connectivity index (χ4n) is 4.73. The summed E-state index contributed by atoms with van der Waals surface area (Å²) in [7, 11) is 1.34. The minimum absolute atomic E-state index is 0.0446. The molecule has 1 saturated heterocycles. The normalized spacial score (nSPS) is 17.0. The molecule has 1 aliphatic heterocycles. The second-order valence-corrected chi connectivity index (χ2v) is 8.72. The van der Waals surface area contributed by atoms with Crippen LogP contribution >= 0.6 is 0 Å². The highest BCUT2D eigenvalue weighted by Gasteiger charge is 2.54. The SMILES string of the molecule is COc1ccc(OC(F)(F)F)cc1NC(=O)NC1CC2(C1)CN(C(=O)c1cnn3cccnc13)C2. The fourth-order valence-corrected chi connectivity index (χ4v) is 4.73. The van der Waals surface area contributed by atoms with Crippen molar-refractivity contribution in [1.29, 1.82) is 0 Å². The van der Waals surface area contributed by atoms with Gasteiger partial charge in [-0.2, -0.15) is 5.10 Å². The number of amides is 3. The summed E-state index contributed by atoms with van der Waals surface area (Å²) < 4.78 is 48.0. The Balaban J connectivity index is 1.13. The van der Waals surface area contributed by atoms with Gasteiger partial charge in [0.1, 0.15) is 17.1 Å². The predicted octanol–water partition coefficient (Wildman–Crippen LogP) is 3.06. The molecule has 2 aromatic heterocycles. The van der Waals surface area contributed by atoms with Gasteiger partial charge in [0.15, 0.2) is 5.65 Å². The summed E-state index contributed by atoms with van der Waals surface area (Å²) in [6.45, 7) is 1.14. The third-order valence-corrected chi connectivity index (χ3v) is 6.20. The number of nitrogens with zero attached hydrogens (tertiary/aromatic N) is 4. The molecule has 3 amide bonds. The second kappa shape index (κ2) is 8.32. The number of carbonyl (C=O) groups excluding carboxylic acids is 2. The van der Waals surface area contributed by atoms with Crippen LogP contribution < -0.4 is 20.1 Å². The van der Waals surface area contributed by atoms with E-state index in [1.54, 1.807) is 27.9 Å². The lowest BCUT2D eigenvalue weighted by molar-refractivity contribution is -0.274. The second-order valence-electron chi connectivity index (χ2n) is 8.72. The highest BCUT2D eigenvalue weighted by Crippen LogP contribution is 2.48. The van der Waals surface area contributed by atoms with Gasteiger partial charge in [0.25, 0.3) is 5.91 Å². The quantitative estimate of drug-likeness (QED) is 0.569. The number of halogens is 3. The van der Waals surface area contributed by atoms with Gasteiger partial charge in [0, 0.05) is 43.0 Å². The van der Waals surface area contributed by atoms with Crippen molar-refractivity contribution in [3.8, 4) is 11.5 Å². The number of alkyl halides is 3. The number of rotatable bonds is 5. The first kappa shape index (κ1) is 22.7. The standard InChI is InChI=1S/C22H21F3N6O4/c1-34-17-4-3-14(35-22(23,24)25)7-16(17)29-20(33)28-13-8-21(9-13)11-30(12-21)19(32)15-10-27-31-6-2-5-26-18(15)31/h2-7,10,13H,8-9,11-12H2,1H3,(H2,28,29,33). The number of aromatic nitrogens is 3. The molecule has 1 aliphatic carbocycles. The van der Waals surface area contributed by atoms with Gasteiger partial charge in [0.05, 0.1) is 19.0 Å². The van der Waals surface area contributed by atoms with Gasteiger partial charge < -0.3 is 25.0 Å². The first-order valence-electron chi connectivity index (χ1n) is 10.7. The molecule has 184 valence electrons. The number of fused-ring (bicyclic) bond motifs is 1. The van der Waals surface area contributed by atoms with E-state index in [1.165, 1.54) is 19.4 Å². The lowest BCUT2D eigenvalue weighted by Gasteiger charge is -2.58. The predicted molar refractivity (Wildman–Crippen MR) is 116 cm³/mol. The molecule has 1 aromatic carbocycles. The third-order valence-electron chi connectivity index (χ3n) is 6.20. The summed E-state index contributed by atoms with van der Waals surface area (Å²) in [5.41, 5.74) is 0.938. The molecule has 10 nitrogen and oxygen atoms in total. The Labute approximate surface area is 197 Å². The number of carbonyl (C=O) groups is 2. The maximum atomic E-state index is 12.8.